The van der Waals surface area contributed by atoms with E-state index in [1.54, 1.807) is 24.3 Å². The molecule has 7 nitrogen and oxygen atoms in total. The number of quaternary nitrogens is 1. The molecule has 1 aliphatic heterocycles. The van der Waals surface area contributed by atoms with Crippen LogP contribution in [0.3, 0.4) is 0 Å². The molecule has 2 aromatic carbocycles. The molecule has 142 valence electrons. The summed E-state index contributed by atoms with van der Waals surface area (Å²) in [4.78, 5) is 24.7. The van der Waals surface area contributed by atoms with Crippen LogP contribution in [0.2, 0.25) is 0 Å². The number of hydrogen-bond donors (Lipinski definition) is 3. The Morgan fingerprint density at radius 3 is 2.44 bits per heavy atom. The van der Waals surface area contributed by atoms with Gasteiger partial charge < -0.3 is 25.4 Å². The van der Waals surface area contributed by atoms with Gasteiger partial charge >= 0.3 is 0 Å². The zero-order chi connectivity index (χ0) is 19.4. The number of nitrogens with one attached hydrogen (secondary N) is 2. The van der Waals surface area contributed by atoms with Gasteiger partial charge in [-0.3, -0.25) is 9.59 Å². The Balaban J connectivity index is 1.60. The molecule has 0 radical (unpaired) electrons. The molecule has 0 saturated heterocycles. The van der Waals surface area contributed by atoms with Crippen LogP contribution in [0, 0.1) is 0 Å². The monoisotopic (exact) mass is 370 g/mol. The summed E-state index contributed by atoms with van der Waals surface area (Å²) in [7, 11) is 1.97. The number of anilines is 1. The van der Waals surface area contributed by atoms with Crippen LogP contribution in [0.1, 0.15) is 22.8 Å². The zero-order valence-corrected chi connectivity index (χ0v) is 15.5. The normalized spacial score (nSPS) is 14.9. The molecule has 1 heterocycles. The maximum absolute atomic E-state index is 12.5. The van der Waals surface area contributed by atoms with Crippen molar-refractivity contribution in [3.05, 3.63) is 53.6 Å². The Morgan fingerprint density at radius 2 is 1.78 bits per heavy atom. The summed E-state index contributed by atoms with van der Waals surface area (Å²) < 4.78 is 11.1. The molecule has 3 rings (SSSR count). The van der Waals surface area contributed by atoms with Gasteiger partial charge in [-0.25, -0.2) is 0 Å². The molecule has 0 aliphatic carbocycles. The van der Waals surface area contributed by atoms with Crippen molar-refractivity contribution < 1.29 is 24.0 Å². The molecule has 0 bridgehead atoms. The molecule has 1 unspecified atom stereocenters. The topological polar surface area (TPSA) is 95.1 Å². The van der Waals surface area contributed by atoms with E-state index in [2.05, 4.69) is 5.32 Å². The fraction of sp³-hybridized carbons (Fsp3) is 0.300. The summed E-state index contributed by atoms with van der Waals surface area (Å²) in [6, 6.07) is 12.1. The first-order chi connectivity index (χ1) is 12.9. The van der Waals surface area contributed by atoms with E-state index in [1.807, 2.05) is 32.2 Å². The van der Waals surface area contributed by atoms with E-state index in [-0.39, 0.29) is 11.9 Å². The van der Waals surface area contributed by atoms with Gasteiger partial charge in [-0.15, -0.1) is 0 Å². The maximum atomic E-state index is 12.5. The molecule has 0 saturated carbocycles. The van der Waals surface area contributed by atoms with E-state index in [0.717, 1.165) is 22.0 Å². The van der Waals surface area contributed by atoms with Crippen LogP contribution in [0.5, 0.6) is 11.5 Å². The van der Waals surface area contributed by atoms with Crippen LogP contribution in [0.15, 0.2) is 42.5 Å². The average Bonchev–Trinajstić information content (AvgIpc) is 2.67. The third-order valence-corrected chi connectivity index (χ3v) is 4.66. The zero-order valence-electron chi connectivity index (χ0n) is 15.5. The van der Waals surface area contributed by atoms with E-state index in [1.165, 1.54) is 0 Å². The molecule has 27 heavy (non-hydrogen) atoms. The minimum Gasteiger partial charge on any atom is -0.486 e. The molecule has 4 N–H and O–H groups in total. The second-order valence-corrected chi connectivity index (χ2v) is 6.65. The Hall–Kier alpha value is -3.06. The lowest BCUT2D eigenvalue weighted by molar-refractivity contribution is -0.907. The summed E-state index contributed by atoms with van der Waals surface area (Å²) in [6.45, 7) is 3.66. The number of hydrogen-bond acceptors (Lipinski definition) is 4. The molecule has 0 spiro atoms. The predicted octanol–water partition coefficient (Wildman–Crippen LogP) is 0.599. The molecular weight excluding hydrogens is 346 g/mol. The van der Waals surface area contributed by atoms with E-state index in [0.29, 0.717) is 31.0 Å². The quantitative estimate of drug-likeness (QED) is 0.694. The third kappa shape index (κ3) is 4.57. The molecule has 2 atom stereocenters. The fourth-order valence-electron chi connectivity index (χ4n) is 2.86. The Morgan fingerprint density at radius 1 is 1.11 bits per heavy atom. The highest BCUT2D eigenvalue weighted by atomic mass is 16.6. The van der Waals surface area contributed by atoms with E-state index in [4.69, 9.17) is 15.2 Å². The summed E-state index contributed by atoms with van der Waals surface area (Å²) in [5.74, 6) is 0.910. The Bertz CT molecular complexity index is 836. The number of amides is 2. The first kappa shape index (κ1) is 18.7. The molecular formula is C20H24N3O4+. The summed E-state index contributed by atoms with van der Waals surface area (Å²) in [5, 5.41) is 2.87. The summed E-state index contributed by atoms with van der Waals surface area (Å²) >= 11 is 0. The Kier molecular flexibility index (Phi) is 5.61. The number of benzene rings is 2. The lowest BCUT2D eigenvalue weighted by Gasteiger charge is -2.23. The number of nitrogens with two attached hydrogens (primary N) is 1. The van der Waals surface area contributed by atoms with Crippen molar-refractivity contribution in [2.75, 3.05) is 25.6 Å². The van der Waals surface area contributed by atoms with Gasteiger partial charge in [0.1, 0.15) is 19.8 Å². The smallest absolute Gasteiger partial charge is 0.282 e. The minimum absolute atomic E-state index is 0.100. The van der Waals surface area contributed by atoms with Crippen molar-refractivity contribution in [3.8, 4) is 11.5 Å². The highest BCUT2D eigenvalue weighted by Crippen LogP contribution is 2.30. The second-order valence-electron chi connectivity index (χ2n) is 6.65. The highest BCUT2D eigenvalue weighted by molar-refractivity contribution is 5.95. The molecule has 0 aromatic heterocycles. The number of likely N-dealkylation sites (N-methyl/N-ethyl adjacent to an activating group) is 1. The molecule has 2 aromatic rings. The van der Waals surface area contributed by atoms with E-state index >= 15 is 0 Å². The first-order valence-electron chi connectivity index (χ1n) is 8.85. The first-order valence-corrected chi connectivity index (χ1v) is 8.85. The maximum Gasteiger partial charge on any atom is 0.282 e. The molecule has 2 amide bonds. The van der Waals surface area contributed by atoms with Crippen molar-refractivity contribution >= 4 is 17.5 Å². The lowest BCUT2D eigenvalue weighted by atomic mass is 10.1. The van der Waals surface area contributed by atoms with Crippen molar-refractivity contribution in [1.82, 2.24) is 0 Å². The average molecular weight is 370 g/mol. The number of ether oxygens (including phenoxy) is 2. The van der Waals surface area contributed by atoms with Crippen LogP contribution in [-0.2, 0) is 11.3 Å². The number of carbonyl (C=O) groups excluding carboxylic acids is 2. The summed E-state index contributed by atoms with van der Waals surface area (Å²) in [6.07, 6.45) is 0. The van der Waals surface area contributed by atoms with Crippen LogP contribution in [0.25, 0.3) is 0 Å². The third-order valence-electron chi connectivity index (χ3n) is 4.66. The number of carbonyl (C=O) groups is 2. The van der Waals surface area contributed by atoms with Gasteiger partial charge in [0, 0.05) is 16.8 Å². The van der Waals surface area contributed by atoms with Crippen LogP contribution >= 0.6 is 0 Å². The Labute approximate surface area is 158 Å². The van der Waals surface area contributed by atoms with Gasteiger partial charge in [0.25, 0.3) is 5.91 Å². The van der Waals surface area contributed by atoms with Crippen LogP contribution in [0.4, 0.5) is 5.69 Å². The molecule has 1 aliphatic rings. The van der Waals surface area contributed by atoms with Gasteiger partial charge in [-0.1, -0.05) is 0 Å². The number of fused-ring (bicyclic) bond motifs is 1. The van der Waals surface area contributed by atoms with Gasteiger partial charge in [-0.05, 0) is 49.4 Å². The molecule has 0 fully saturated rings. The van der Waals surface area contributed by atoms with Gasteiger partial charge in [0.05, 0.1) is 7.05 Å². The van der Waals surface area contributed by atoms with E-state index < -0.39 is 5.91 Å². The van der Waals surface area contributed by atoms with Crippen LogP contribution in [-0.4, -0.2) is 38.1 Å². The molecule has 7 heteroatoms. The fourth-order valence-corrected chi connectivity index (χ4v) is 2.86. The predicted molar refractivity (Wildman–Crippen MR) is 101 cm³/mol. The van der Waals surface area contributed by atoms with Crippen molar-refractivity contribution in [2.45, 2.75) is 19.5 Å². The highest BCUT2D eigenvalue weighted by Gasteiger charge is 2.23. The standard InChI is InChI=1S/C20H23N3O4/c1-13(20(25)22-16-6-4-15(5-7-16)19(21)24)23(2)12-14-3-8-17-18(11-14)27-10-9-26-17/h3-8,11,13H,9-10,12H2,1-2H3,(H2,21,24)(H,22,25)/p+1/t13-/m0/s1. The largest absolute Gasteiger partial charge is 0.486 e. The number of rotatable bonds is 6. The SMILES string of the molecule is C[C@@H](C(=O)Nc1ccc(C(N)=O)cc1)[NH+](C)Cc1ccc2c(c1)OCCO2. The van der Waals surface area contributed by atoms with Crippen molar-refractivity contribution in [2.24, 2.45) is 5.73 Å². The lowest BCUT2D eigenvalue weighted by Crippen LogP contribution is -3.12. The van der Waals surface area contributed by atoms with Gasteiger partial charge in [0.15, 0.2) is 17.5 Å². The van der Waals surface area contributed by atoms with Gasteiger partial charge in [0.2, 0.25) is 5.91 Å². The van der Waals surface area contributed by atoms with Crippen molar-refractivity contribution in [3.63, 3.8) is 0 Å². The summed E-state index contributed by atoms with van der Waals surface area (Å²) in [5.41, 5.74) is 7.33. The van der Waals surface area contributed by atoms with Gasteiger partial charge in [-0.2, -0.15) is 0 Å². The van der Waals surface area contributed by atoms with Crippen molar-refractivity contribution in [1.29, 1.82) is 0 Å². The minimum atomic E-state index is -0.496. The van der Waals surface area contributed by atoms with Crippen LogP contribution < -0.4 is 25.4 Å². The van der Waals surface area contributed by atoms with E-state index in [9.17, 15) is 9.59 Å². The number of primary amides is 1. The second kappa shape index (κ2) is 8.09.